The van der Waals surface area contributed by atoms with Gasteiger partial charge in [0.2, 0.25) is 5.91 Å². The van der Waals surface area contributed by atoms with Crippen molar-refractivity contribution >= 4 is 51.8 Å². The quantitative estimate of drug-likeness (QED) is 0.792. The van der Waals surface area contributed by atoms with Gasteiger partial charge in [-0.25, -0.2) is 0 Å². The zero-order valence-electron chi connectivity index (χ0n) is 9.92. The van der Waals surface area contributed by atoms with E-state index in [1.54, 1.807) is 6.07 Å². The van der Waals surface area contributed by atoms with E-state index in [1.165, 1.54) is 0 Å². The first kappa shape index (κ1) is 14.9. The Morgan fingerprint density at radius 2 is 2.06 bits per heavy atom. The number of amides is 1. The van der Waals surface area contributed by atoms with Gasteiger partial charge >= 0.3 is 0 Å². The molecule has 1 N–H and O–H groups in total. The minimum atomic E-state index is -0.332. The fourth-order valence-electron chi connectivity index (χ4n) is 1.25. The number of halogens is 2. The van der Waals surface area contributed by atoms with Gasteiger partial charge in [-0.1, -0.05) is 25.4 Å². The average molecular weight is 337 g/mol. The lowest BCUT2D eigenvalue weighted by Crippen LogP contribution is -2.27. The second-order valence-electron chi connectivity index (χ2n) is 4.26. The van der Waals surface area contributed by atoms with E-state index in [-0.39, 0.29) is 17.1 Å². The standard InChI is InChI=1S/C12H15BrClNOS/c1-6(2)11(17)12(16)15-10-5-9(14)7(3)4-8(10)13/h4-6,11,17H,1-3H3,(H,15,16). The minimum Gasteiger partial charge on any atom is -0.324 e. The summed E-state index contributed by atoms with van der Waals surface area (Å²) in [5.74, 6) is 0.0574. The van der Waals surface area contributed by atoms with E-state index in [2.05, 4.69) is 33.9 Å². The van der Waals surface area contributed by atoms with Gasteiger partial charge in [0.05, 0.1) is 10.9 Å². The van der Waals surface area contributed by atoms with E-state index >= 15 is 0 Å². The Labute approximate surface area is 121 Å². The van der Waals surface area contributed by atoms with E-state index in [1.807, 2.05) is 26.8 Å². The molecule has 0 bridgehead atoms. The Kier molecular flexibility index (Phi) is 5.35. The largest absolute Gasteiger partial charge is 0.324 e. The molecule has 1 aromatic carbocycles. The lowest BCUT2D eigenvalue weighted by molar-refractivity contribution is -0.116. The van der Waals surface area contributed by atoms with Gasteiger partial charge in [-0.3, -0.25) is 4.79 Å². The predicted molar refractivity (Wildman–Crippen MR) is 80.1 cm³/mol. The maximum atomic E-state index is 11.9. The summed E-state index contributed by atoms with van der Waals surface area (Å²) >= 11 is 13.7. The molecule has 1 atom stereocenters. The molecule has 0 saturated carbocycles. The van der Waals surface area contributed by atoms with Crippen molar-refractivity contribution in [2.45, 2.75) is 26.0 Å². The van der Waals surface area contributed by atoms with E-state index in [0.717, 1.165) is 10.0 Å². The molecule has 0 spiro atoms. The van der Waals surface area contributed by atoms with Crippen molar-refractivity contribution in [3.8, 4) is 0 Å². The fourth-order valence-corrected chi connectivity index (χ4v) is 2.04. The molecular weight excluding hydrogens is 322 g/mol. The highest BCUT2D eigenvalue weighted by Crippen LogP contribution is 2.29. The normalized spacial score (nSPS) is 12.6. The fraction of sp³-hybridized carbons (Fsp3) is 0.417. The van der Waals surface area contributed by atoms with Crippen molar-refractivity contribution in [1.82, 2.24) is 0 Å². The minimum absolute atomic E-state index is 0.121. The highest BCUT2D eigenvalue weighted by atomic mass is 79.9. The summed E-state index contributed by atoms with van der Waals surface area (Å²) in [5, 5.41) is 3.11. The van der Waals surface area contributed by atoms with Crippen LogP contribution in [0.25, 0.3) is 0 Å². The van der Waals surface area contributed by atoms with Gasteiger partial charge in [-0.15, -0.1) is 0 Å². The molecule has 1 rings (SSSR count). The van der Waals surface area contributed by atoms with Crippen molar-refractivity contribution < 1.29 is 4.79 Å². The highest BCUT2D eigenvalue weighted by Gasteiger charge is 2.18. The van der Waals surface area contributed by atoms with Crippen molar-refractivity contribution in [1.29, 1.82) is 0 Å². The summed E-state index contributed by atoms with van der Waals surface area (Å²) in [6.07, 6.45) is 0. The number of hydrogen-bond donors (Lipinski definition) is 2. The van der Waals surface area contributed by atoms with Gasteiger partial charge < -0.3 is 5.32 Å². The molecule has 2 nitrogen and oxygen atoms in total. The number of carbonyl (C=O) groups is 1. The van der Waals surface area contributed by atoms with Gasteiger partial charge in [0, 0.05) is 9.50 Å². The molecule has 1 unspecified atom stereocenters. The zero-order valence-corrected chi connectivity index (χ0v) is 13.2. The number of aryl methyl sites for hydroxylation is 1. The summed E-state index contributed by atoms with van der Waals surface area (Å²) in [6, 6.07) is 3.61. The second kappa shape index (κ2) is 6.12. The maximum Gasteiger partial charge on any atom is 0.237 e. The molecule has 1 aromatic rings. The maximum absolute atomic E-state index is 11.9. The molecule has 0 aliphatic carbocycles. The molecule has 0 aliphatic heterocycles. The third-order valence-corrected chi connectivity index (χ3v) is 4.30. The van der Waals surface area contributed by atoms with Crippen LogP contribution < -0.4 is 5.32 Å². The first-order valence-corrected chi connectivity index (χ1v) is 6.96. The van der Waals surface area contributed by atoms with Crippen LogP contribution in [0.3, 0.4) is 0 Å². The summed E-state index contributed by atoms with van der Waals surface area (Å²) in [4.78, 5) is 11.9. The van der Waals surface area contributed by atoms with Gasteiger partial charge in [-0.05, 0) is 46.5 Å². The van der Waals surface area contributed by atoms with Crippen LogP contribution in [0.15, 0.2) is 16.6 Å². The van der Waals surface area contributed by atoms with E-state index in [4.69, 9.17) is 11.6 Å². The Hall–Kier alpha value is -0.190. The van der Waals surface area contributed by atoms with Gasteiger partial charge in [0.25, 0.3) is 0 Å². The van der Waals surface area contributed by atoms with Crippen LogP contribution in [0.2, 0.25) is 5.02 Å². The van der Waals surface area contributed by atoms with Crippen LogP contribution in [-0.2, 0) is 4.79 Å². The molecular formula is C12H15BrClNOS. The van der Waals surface area contributed by atoms with Gasteiger partial charge in [0.1, 0.15) is 0 Å². The molecule has 0 aromatic heterocycles. The lowest BCUT2D eigenvalue weighted by atomic mass is 10.1. The monoisotopic (exact) mass is 335 g/mol. The molecule has 5 heteroatoms. The summed E-state index contributed by atoms with van der Waals surface area (Å²) < 4.78 is 0.817. The van der Waals surface area contributed by atoms with Crippen LogP contribution >= 0.6 is 40.2 Å². The molecule has 0 saturated heterocycles. The highest BCUT2D eigenvalue weighted by molar-refractivity contribution is 9.10. The smallest absolute Gasteiger partial charge is 0.237 e. The molecule has 0 radical (unpaired) electrons. The third-order valence-electron chi connectivity index (χ3n) is 2.41. The Morgan fingerprint density at radius 1 is 1.47 bits per heavy atom. The van der Waals surface area contributed by atoms with Crippen LogP contribution in [0, 0.1) is 12.8 Å². The Bertz CT molecular complexity index is 437. The Balaban J connectivity index is 2.89. The molecule has 0 heterocycles. The molecule has 0 aliphatic rings. The number of rotatable bonds is 3. The first-order valence-electron chi connectivity index (χ1n) is 5.27. The van der Waals surface area contributed by atoms with Crippen molar-refractivity contribution in [3.05, 3.63) is 27.2 Å². The first-order chi connectivity index (χ1) is 7.82. The number of thiol groups is 1. The lowest BCUT2D eigenvalue weighted by Gasteiger charge is -2.16. The Morgan fingerprint density at radius 3 is 2.59 bits per heavy atom. The number of carbonyl (C=O) groups excluding carboxylic acids is 1. The number of nitrogens with one attached hydrogen (secondary N) is 1. The summed E-state index contributed by atoms with van der Waals surface area (Å²) in [7, 11) is 0. The van der Waals surface area contributed by atoms with Crippen molar-refractivity contribution in [3.63, 3.8) is 0 Å². The van der Waals surface area contributed by atoms with E-state index in [9.17, 15) is 4.79 Å². The topological polar surface area (TPSA) is 29.1 Å². The molecule has 94 valence electrons. The number of anilines is 1. The van der Waals surface area contributed by atoms with Crippen molar-refractivity contribution in [2.75, 3.05) is 5.32 Å². The second-order valence-corrected chi connectivity index (χ2v) is 6.08. The van der Waals surface area contributed by atoms with Gasteiger partial charge in [-0.2, -0.15) is 12.6 Å². The number of hydrogen-bond acceptors (Lipinski definition) is 2. The van der Waals surface area contributed by atoms with E-state index < -0.39 is 0 Å². The molecule has 17 heavy (non-hydrogen) atoms. The summed E-state index contributed by atoms with van der Waals surface area (Å²) in [6.45, 7) is 5.82. The summed E-state index contributed by atoms with van der Waals surface area (Å²) in [5.41, 5.74) is 1.63. The van der Waals surface area contributed by atoms with Crippen LogP contribution in [-0.4, -0.2) is 11.2 Å². The molecule has 0 fully saturated rings. The molecule has 1 amide bonds. The van der Waals surface area contributed by atoms with Gasteiger partial charge in [0.15, 0.2) is 0 Å². The number of benzene rings is 1. The predicted octanol–water partition coefficient (Wildman–Crippen LogP) is 4.30. The van der Waals surface area contributed by atoms with Crippen LogP contribution in [0.5, 0.6) is 0 Å². The van der Waals surface area contributed by atoms with E-state index in [0.29, 0.717) is 10.7 Å². The van der Waals surface area contributed by atoms with Crippen molar-refractivity contribution in [2.24, 2.45) is 5.92 Å². The SMILES string of the molecule is Cc1cc(Br)c(NC(=O)C(S)C(C)C)cc1Cl. The average Bonchev–Trinajstić information content (AvgIpc) is 2.24. The third kappa shape index (κ3) is 3.90. The van der Waals surface area contributed by atoms with Crippen LogP contribution in [0.4, 0.5) is 5.69 Å². The zero-order chi connectivity index (χ0) is 13.2. The van der Waals surface area contributed by atoms with Crippen LogP contribution in [0.1, 0.15) is 19.4 Å².